The Hall–Kier alpha value is 0.740. The van der Waals surface area contributed by atoms with Gasteiger partial charge in [0.25, 0.3) is 0 Å². The molecular weight excluding hydrogens is 719 g/mol. The van der Waals surface area contributed by atoms with E-state index in [1.165, 1.54) is 0 Å². The van der Waals surface area contributed by atoms with Gasteiger partial charge in [-0.25, -0.2) is 0 Å². The number of nitrogens with zero attached hydrogens (tertiary/aromatic N) is 3. The van der Waals surface area contributed by atoms with Gasteiger partial charge in [-0.2, -0.15) is 15.3 Å². The second-order valence-electron chi connectivity index (χ2n) is 4.14. The van der Waals surface area contributed by atoms with Gasteiger partial charge in [0, 0.05) is 0 Å². The Labute approximate surface area is 179 Å². The number of nitrogens with one attached hydrogen (secondary N) is 3. The summed E-state index contributed by atoms with van der Waals surface area (Å²) in [6, 6.07) is 0. The van der Waals surface area contributed by atoms with Crippen molar-refractivity contribution in [3.8, 4) is 0 Å². The van der Waals surface area contributed by atoms with Crippen molar-refractivity contribution < 1.29 is 4.57 Å². The highest BCUT2D eigenvalue weighted by molar-refractivity contribution is 9.12. The van der Waals surface area contributed by atoms with Gasteiger partial charge in [-0.15, -0.1) is 0 Å². The minimum Gasteiger partial charge on any atom is -0.308 e. The van der Waals surface area contributed by atoms with Crippen molar-refractivity contribution in [1.82, 2.24) is 30.6 Å². The molecule has 0 fully saturated rings. The van der Waals surface area contributed by atoms with Gasteiger partial charge in [-0.05, 0) is 95.6 Å². The van der Waals surface area contributed by atoms with Crippen molar-refractivity contribution >= 4 is 119 Å². The maximum absolute atomic E-state index is 14.4. The van der Waals surface area contributed by atoms with E-state index in [0.29, 0.717) is 43.5 Å². The number of aromatic amines is 3. The number of H-pyrrole nitrogens is 3. The summed E-state index contributed by atoms with van der Waals surface area (Å²) in [4.78, 5) is 0. The third-order valence-electron chi connectivity index (χ3n) is 2.91. The van der Waals surface area contributed by atoms with Crippen LogP contribution in [-0.2, 0) is 4.57 Å². The fourth-order valence-electron chi connectivity index (χ4n) is 2.02. The van der Waals surface area contributed by atoms with E-state index < -0.39 is 7.14 Å². The van der Waals surface area contributed by atoms with Crippen molar-refractivity contribution in [2.45, 2.75) is 0 Å². The molecule has 0 unspecified atom stereocenters. The Balaban J connectivity index is 2.49. The summed E-state index contributed by atoms with van der Waals surface area (Å²) in [5, 5.41) is 21.9. The number of hydrogen-bond donors (Lipinski definition) is 3. The lowest BCUT2D eigenvalue weighted by Gasteiger charge is -2.18. The molecule has 3 N–H and O–H groups in total. The van der Waals surface area contributed by atoms with Gasteiger partial charge >= 0.3 is 0 Å². The van der Waals surface area contributed by atoms with Crippen molar-refractivity contribution in [3.05, 3.63) is 27.6 Å². The molecule has 0 amide bonds. The van der Waals surface area contributed by atoms with Crippen molar-refractivity contribution in [2.75, 3.05) is 0 Å². The zero-order valence-electron chi connectivity index (χ0n) is 10.5. The molecule has 0 spiro atoms. The van der Waals surface area contributed by atoms with E-state index in [1.807, 2.05) is 0 Å². The summed E-state index contributed by atoms with van der Waals surface area (Å²) in [7, 11) is -3.42. The highest BCUT2D eigenvalue weighted by Gasteiger charge is 2.44. The van der Waals surface area contributed by atoms with Crippen LogP contribution in [0.4, 0.5) is 0 Å². The SMILES string of the molecule is O=P(c1c(Br)n[nH]c1Br)(c1c(Br)n[nH]c1Br)c1c(Br)n[nH]c1Br. The second-order valence-corrected chi connectivity index (χ2v) is 11.3. The van der Waals surface area contributed by atoms with E-state index in [-0.39, 0.29) is 0 Å². The monoisotopic (exact) mass is 716 g/mol. The molecule has 0 bridgehead atoms. The highest BCUT2D eigenvalue weighted by atomic mass is 79.9. The lowest BCUT2D eigenvalue weighted by molar-refractivity contribution is 0.592. The van der Waals surface area contributed by atoms with Gasteiger partial charge in [0.05, 0.1) is 15.9 Å². The van der Waals surface area contributed by atoms with Crippen LogP contribution < -0.4 is 15.9 Å². The first-order chi connectivity index (χ1) is 10.8. The Morgan fingerprint density at radius 3 is 1.04 bits per heavy atom. The molecule has 7 nitrogen and oxygen atoms in total. The third-order valence-corrected chi connectivity index (χ3v) is 11.4. The van der Waals surface area contributed by atoms with E-state index in [2.05, 4.69) is 126 Å². The lowest BCUT2D eigenvalue weighted by Crippen LogP contribution is -2.27. The molecule has 122 valence electrons. The molecule has 14 heteroatoms. The van der Waals surface area contributed by atoms with Crippen LogP contribution in [0, 0.1) is 0 Å². The fourth-order valence-corrected chi connectivity index (χ4v) is 11.6. The predicted octanol–water partition coefficient (Wildman–Crippen LogP) is 4.07. The molecule has 0 saturated carbocycles. The van der Waals surface area contributed by atoms with E-state index in [9.17, 15) is 4.57 Å². The van der Waals surface area contributed by atoms with Crippen LogP contribution in [0.15, 0.2) is 27.6 Å². The predicted molar refractivity (Wildman–Crippen MR) is 108 cm³/mol. The van der Waals surface area contributed by atoms with Gasteiger partial charge in [0.2, 0.25) is 0 Å². The Kier molecular flexibility index (Phi) is 5.48. The van der Waals surface area contributed by atoms with Gasteiger partial charge in [0.15, 0.2) is 7.14 Å². The first-order valence-electron chi connectivity index (χ1n) is 5.58. The summed E-state index contributed by atoms with van der Waals surface area (Å²) in [5.41, 5.74) is 0. The van der Waals surface area contributed by atoms with Gasteiger partial charge in [-0.1, -0.05) is 0 Å². The molecule has 0 aromatic carbocycles. The first kappa shape index (κ1) is 18.5. The van der Waals surface area contributed by atoms with Gasteiger partial charge in [0.1, 0.15) is 27.6 Å². The van der Waals surface area contributed by atoms with Crippen molar-refractivity contribution in [3.63, 3.8) is 0 Å². The van der Waals surface area contributed by atoms with Crippen LogP contribution in [-0.4, -0.2) is 30.6 Å². The molecule has 3 rings (SSSR count). The van der Waals surface area contributed by atoms with Crippen molar-refractivity contribution in [1.29, 1.82) is 0 Å². The Morgan fingerprint density at radius 2 is 0.870 bits per heavy atom. The number of aromatic nitrogens is 6. The average molecular weight is 722 g/mol. The minimum absolute atomic E-state index is 0.424. The van der Waals surface area contributed by atoms with E-state index in [1.54, 1.807) is 0 Å². The van der Waals surface area contributed by atoms with Crippen LogP contribution in [0.5, 0.6) is 0 Å². The molecule has 0 aliphatic heterocycles. The zero-order valence-corrected chi connectivity index (χ0v) is 20.9. The van der Waals surface area contributed by atoms with Crippen LogP contribution in [0.3, 0.4) is 0 Å². The third kappa shape index (κ3) is 2.93. The van der Waals surface area contributed by atoms with E-state index >= 15 is 0 Å². The molecule has 0 aliphatic carbocycles. The molecule has 3 heterocycles. The Morgan fingerprint density at radius 1 is 0.609 bits per heavy atom. The molecule has 23 heavy (non-hydrogen) atoms. The van der Waals surface area contributed by atoms with Crippen LogP contribution >= 0.6 is 103 Å². The second kappa shape index (κ2) is 6.81. The summed E-state index contributed by atoms with van der Waals surface area (Å²) in [6.45, 7) is 0. The Bertz CT molecular complexity index is 769. The molecule has 0 aliphatic rings. The van der Waals surface area contributed by atoms with Gasteiger partial charge < -0.3 is 4.57 Å². The van der Waals surface area contributed by atoms with Crippen molar-refractivity contribution in [2.24, 2.45) is 0 Å². The summed E-state index contributed by atoms with van der Waals surface area (Å²) in [5.74, 6) is 0. The first-order valence-corrected chi connectivity index (χ1v) is 12.0. The molecule has 3 aromatic rings. The van der Waals surface area contributed by atoms with Gasteiger partial charge in [-0.3, -0.25) is 15.3 Å². The normalized spacial score (nSPS) is 12.1. The number of rotatable bonds is 3. The molecule has 0 saturated heterocycles. The smallest absolute Gasteiger partial charge is 0.187 e. The largest absolute Gasteiger partial charge is 0.308 e. The standard InChI is InChI=1S/C9H3Br6N6OP/c10-4-1(5(11)17-16-4)23(22,2-6(12)18-19-7(2)13)3-8(14)20-21-9(3)15/h(H,16,17)(H,18,19)(H,20,21). The summed E-state index contributed by atoms with van der Waals surface area (Å²) < 4.78 is 17.1. The quantitative estimate of drug-likeness (QED) is 0.355. The highest BCUT2D eigenvalue weighted by Crippen LogP contribution is 2.51. The molecule has 0 radical (unpaired) electrons. The molecule has 3 aromatic heterocycles. The lowest BCUT2D eigenvalue weighted by atomic mass is 10.7. The zero-order chi connectivity index (χ0) is 16.9. The van der Waals surface area contributed by atoms with Crippen LogP contribution in [0.25, 0.3) is 0 Å². The van der Waals surface area contributed by atoms with E-state index in [0.717, 1.165) is 0 Å². The maximum atomic E-state index is 14.4. The molecule has 0 atom stereocenters. The number of halogens is 6. The summed E-state index contributed by atoms with van der Waals surface area (Å²) >= 11 is 20.2. The minimum atomic E-state index is -3.42. The number of hydrogen-bond acceptors (Lipinski definition) is 4. The maximum Gasteiger partial charge on any atom is 0.187 e. The average Bonchev–Trinajstić information content (AvgIpc) is 3.10. The van der Waals surface area contributed by atoms with Crippen LogP contribution in [0.1, 0.15) is 0 Å². The van der Waals surface area contributed by atoms with Crippen LogP contribution in [0.2, 0.25) is 0 Å². The fraction of sp³-hybridized carbons (Fsp3) is 0. The summed E-state index contributed by atoms with van der Waals surface area (Å²) in [6.07, 6.45) is 0. The van der Waals surface area contributed by atoms with E-state index in [4.69, 9.17) is 0 Å². The molecular formula is C9H3Br6N6OP. The topological polar surface area (TPSA) is 103 Å².